The smallest absolute Gasteiger partial charge is 0.245 e. The van der Waals surface area contributed by atoms with Crippen molar-refractivity contribution in [2.45, 2.75) is 52.2 Å². The maximum Gasteiger partial charge on any atom is 0.245 e. The van der Waals surface area contributed by atoms with Gasteiger partial charge in [0.2, 0.25) is 11.8 Å². The van der Waals surface area contributed by atoms with Gasteiger partial charge in [-0.05, 0) is 26.7 Å². The first kappa shape index (κ1) is 19.0. The van der Waals surface area contributed by atoms with Crippen LogP contribution in [0.1, 0.15) is 38.3 Å². The Morgan fingerprint density at radius 2 is 2.10 bits per heavy atom. The average Bonchev–Trinajstić information content (AvgIpc) is 3.39. The summed E-state index contributed by atoms with van der Waals surface area (Å²) in [7, 11) is 1.94. The van der Waals surface area contributed by atoms with Gasteiger partial charge in [0.15, 0.2) is 11.2 Å². The van der Waals surface area contributed by atoms with Crippen molar-refractivity contribution < 1.29 is 9.53 Å². The third-order valence-electron chi connectivity index (χ3n) is 6.46. The van der Waals surface area contributed by atoms with Gasteiger partial charge in [0.25, 0.3) is 0 Å². The third kappa shape index (κ3) is 3.03. The first-order valence-corrected chi connectivity index (χ1v) is 10.7. The predicted octanol–water partition coefficient (Wildman–Crippen LogP) is 2.33. The molecule has 1 aliphatic carbocycles. The van der Waals surface area contributed by atoms with E-state index in [1.165, 1.54) is 12.7 Å². The van der Waals surface area contributed by atoms with Crippen molar-refractivity contribution in [3.8, 4) is 17.3 Å². The quantitative estimate of drug-likeness (QED) is 0.642. The summed E-state index contributed by atoms with van der Waals surface area (Å²) in [4.78, 5) is 28.1. The molecule has 30 heavy (non-hydrogen) atoms. The molecule has 2 fully saturated rings. The number of nitrogens with zero attached hydrogens (tertiary/aromatic N) is 7. The average molecular weight is 409 g/mol. The van der Waals surface area contributed by atoms with Crippen LogP contribution in [0.3, 0.4) is 0 Å². The highest BCUT2D eigenvalue weighted by molar-refractivity contribution is 5.81. The van der Waals surface area contributed by atoms with Gasteiger partial charge in [-0.2, -0.15) is 10.1 Å². The largest absolute Gasteiger partial charge is 0.471 e. The van der Waals surface area contributed by atoms with E-state index >= 15 is 0 Å². The van der Waals surface area contributed by atoms with E-state index in [1.54, 1.807) is 0 Å². The summed E-state index contributed by atoms with van der Waals surface area (Å²) < 4.78 is 10.1. The molecule has 0 spiro atoms. The maximum atomic E-state index is 12.5. The molecule has 1 aliphatic heterocycles. The zero-order valence-corrected chi connectivity index (χ0v) is 17.7. The molecule has 1 saturated carbocycles. The van der Waals surface area contributed by atoms with Crippen LogP contribution in [0, 0.1) is 12.8 Å². The fraction of sp³-hybridized carbons (Fsp3) is 0.571. The third-order valence-corrected chi connectivity index (χ3v) is 6.46. The van der Waals surface area contributed by atoms with Crippen LogP contribution in [-0.2, 0) is 18.4 Å². The molecular formula is C21H27N7O2. The number of amides is 1. The first-order valence-electron chi connectivity index (χ1n) is 10.7. The Kier molecular flexibility index (Phi) is 4.67. The molecule has 0 bridgehead atoms. The molecule has 0 unspecified atom stereocenters. The summed E-state index contributed by atoms with van der Waals surface area (Å²) in [5.41, 5.74) is 3.40. The Labute approximate surface area is 175 Å². The lowest BCUT2D eigenvalue weighted by atomic mass is 9.84. The number of aryl methyl sites for hydroxylation is 2. The van der Waals surface area contributed by atoms with Crippen LogP contribution in [0.25, 0.3) is 22.6 Å². The number of carbonyl (C=O) groups is 1. The highest BCUT2D eigenvalue weighted by Gasteiger charge is 2.35. The number of hydrogen-bond acceptors (Lipinski definition) is 6. The van der Waals surface area contributed by atoms with Crippen LogP contribution in [-0.4, -0.2) is 59.3 Å². The Hall–Kier alpha value is -2.97. The molecule has 158 valence electrons. The topological polar surface area (TPSA) is 91.0 Å². The number of imidazole rings is 1. The second-order valence-electron chi connectivity index (χ2n) is 8.25. The second-order valence-corrected chi connectivity index (χ2v) is 8.25. The minimum atomic E-state index is -0.0674. The number of hydrogen-bond donors (Lipinski definition) is 0. The fourth-order valence-corrected chi connectivity index (χ4v) is 4.39. The van der Waals surface area contributed by atoms with E-state index in [0.717, 1.165) is 55.1 Å². The van der Waals surface area contributed by atoms with Crippen LogP contribution >= 0.6 is 0 Å². The lowest BCUT2D eigenvalue weighted by Crippen LogP contribution is -2.38. The summed E-state index contributed by atoms with van der Waals surface area (Å²) in [6.45, 7) is 6.28. The molecule has 5 rings (SSSR count). The first-order chi connectivity index (χ1) is 14.6. The molecule has 0 radical (unpaired) electrons. The minimum absolute atomic E-state index is 0.0674. The van der Waals surface area contributed by atoms with E-state index in [9.17, 15) is 4.79 Å². The van der Waals surface area contributed by atoms with Crippen molar-refractivity contribution in [2.75, 3.05) is 13.1 Å². The van der Waals surface area contributed by atoms with Crippen LogP contribution in [0.2, 0.25) is 0 Å². The lowest BCUT2D eigenvalue weighted by molar-refractivity contribution is -0.137. The summed E-state index contributed by atoms with van der Waals surface area (Å²) in [6, 6.07) is 0. The molecule has 1 amide bonds. The van der Waals surface area contributed by atoms with E-state index in [4.69, 9.17) is 9.72 Å². The molecule has 9 nitrogen and oxygen atoms in total. The van der Waals surface area contributed by atoms with E-state index in [-0.39, 0.29) is 17.9 Å². The molecule has 9 heteroatoms. The van der Waals surface area contributed by atoms with Crippen molar-refractivity contribution in [1.82, 2.24) is 34.2 Å². The van der Waals surface area contributed by atoms with Gasteiger partial charge in [0.05, 0.1) is 18.3 Å². The summed E-state index contributed by atoms with van der Waals surface area (Å²) in [5.74, 6) is 1.77. The van der Waals surface area contributed by atoms with E-state index in [1.807, 2.05) is 34.3 Å². The molecule has 1 atom stereocenters. The maximum absolute atomic E-state index is 12.5. The van der Waals surface area contributed by atoms with Gasteiger partial charge in [0, 0.05) is 38.2 Å². The SMILES string of the molecule is CCn1ncc(-c2nc3c(O[C@H]4CCN(C(=O)C5CCC5)C4)ncnc3n2C)c1C. The normalized spacial score (nSPS) is 19.4. The van der Waals surface area contributed by atoms with Gasteiger partial charge in [-0.3, -0.25) is 9.48 Å². The van der Waals surface area contributed by atoms with Gasteiger partial charge >= 0.3 is 0 Å². The monoisotopic (exact) mass is 409 g/mol. The van der Waals surface area contributed by atoms with Gasteiger partial charge in [-0.25, -0.2) is 9.97 Å². The van der Waals surface area contributed by atoms with Gasteiger partial charge < -0.3 is 14.2 Å². The lowest BCUT2D eigenvalue weighted by Gasteiger charge is -2.29. The Morgan fingerprint density at radius 1 is 1.27 bits per heavy atom. The molecule has 0 N–H and O–H groups in total. The molecular weight excluding hydrogens is 382 g/mol. The molecule has 3 aromatic heterocycles. The number of aromatic nitrogens is 6. The van der Waals surface area contributed by atoms with Crippen LogP contribution < -0.4 is 4.74 Å². The fourth-order valence-electron chi connectivity index (χ4n) is 4.39. The summed E-state index contributed by atoms with van der Waals surface area (Å²) >= 11 is 0. The predicted molar refractivity (Wildman–Crippen MR) is 111 cm³/mol. The Morgan fingerprint density at radius 3 is 2.80 bits per heavy atom. The Bertz CT molecular complexity index is 1100. The molecule has 1 saturated heterocycles. The van der Waals surface area contributed by atoms with Gasteiger partial charge in [-0.15, -0.1) is 0 Å². The summed E-state index contributed by atoms with van der Waals surface area (Å²) in [5, 5.41) is 4.44. The zero-order chi connectivity index (χ0) is 20.8. The zero-order valence-electron chi connectivity index (χ0n) is 17.7. The molecule has 2 aliphatic rings. The van der Waals surface area contributed by atoms with Crippen molar-refractivity contribution in [3.63, 3.8) is 0 Å². The van der Waals surface area contributed by atoms with Gasteiger partial charge in [-0.1, -0.05) is 6.42 Å². The highest BCUT2D eigenvalue weighted by Crippen LogP contribution is 2.32. The summed E-state index contributed by atoms with van der Waals surface area (Å²) in [6.07, 6.45) is 7.32. The van der Waals surface area contributed by atoms with Crippen molar-refractivity contribution in [3.05, 3.63) is 18.2 Å². The number of carbonyl (C=O) groups excluding carboxylic acids is 1. The minimum Gasteiger partial charge on any atom is -0.471 e. The molecule has 0 aromatic carbocycles. The van der Waals surface area contributed by atoms with E-state index in [2.05, 4.69) is 22.0 Å². The van der Waals surface area contributed by atoms with Crippen molar-refractivity contribution in [1.29, 1.82) is 0 Å². The molecule has 3 aromatic rings. The van der Waals surface area contributed by atoms with E-state index in [0.29, 0.717) is 17.9 Å². The van der Waals surface area contributed by atoms with Crippen LogP contribution in [0.15, 0.2) is 12.5 Å². The van der Waals surface area contributed by atoms with Gasteiger partial charge in [0.1, 0.15) is 18.3 Å². The molecule has 4 heterocycles. The van der Waals surface area contributed by atoms with Crippen molar-refractivity contribution in [2.24, 2.45) is 13.0 Å². The van der Waals surface area contributed by atoms with Crippen LogP contribution in [0.4, 0.5) is 0 Å². The highest BCUT2D eigenvalue weighted by atomic mass is 16.5. The second kappa shape index (κ2) is 7.37. The van der Waals surface area contributed by atoms with E-state index < -0.39 is 0 Å². The number of rotatable bonds is 5. The number of likely N-dealkylation sites (tertiary alicyclic amines) is 1. The number of ether oxygens (including phenoxy) is 1. The van der Waals surface area contributed by atoms with Crippen LogP contribution in [0.5, 0.6) is 5.88 Å². The number of fused-ring (bicyclic) bond motifs is 1. The van der Waals surface area contributed by atoms with Crippen molar-refractivity contribution >= 4 is 17.1 Å². The Balaban J connectivity index is 1.40. The standard InChI is InChI=1S/C21H27N7O2/c1-4-28-13(2)16(10-24-28)18-25-17-19(26(18)3)22-12-23-20(17)30-15-8-9-27(11-15)21(29)14-6-5-7-14/h10,12,14-15H,4-9,11H2,1-3H3/t15-/m0/s1.